The fourth-order valence-electron chi connectivity index (χ4n) is 1.86. The zero-order chi connectivity index (χ0) is 16.8. The van der Waals surface area contributed by atoms with Crippen molar-refractivity contribution in [1.82, 2.24) is 0 Å². The monoisotopic (exact) mass is 332 g/mol. The summed E-state index contributed by atoms with van der Waals surface area (Å²) in [5.41, 5.74) is 0. The first kappa shape index (κ1) is 16.6. The zero-order valence-corrected chi connectivity index (χ0v) is 13.1. The molecule has 2 saturated heterocycles. The van der Waals surface area contributed by atoms with E-state index < -0.39 is 0 Å². The molecule has 2 aliphatic rings. The molecule has 2 aromatic rings. The molecule has 2 atom stereocenters. The van der Waals surface area contributed by atoms with Gasteiger partial charge in [-0.05, 0) is 24.3 Å². The van der Waals surface area contributed by atoms with Crippen molar-refractivity contribution in [1.29, 1.82) is 0 Å². The number of hydrogen-bond acceptors (Lipinski definition) is 6. The number of epoxide rings is 2. The van der Waals surface area contributed by atoms with Crippen molar-refractivity contribution in [3.05, 3.63) is 48.5 Å². The molecule has 24 heavy (non-hydrogen) atoms. The summed E-state index contributed by atoms with van der Waals surface area (Å²) in [5, 5.41) is 18.9. The van der Waals surface area contributed by atoms with Gasteiger partial charge in [-0.25, -0.2) is 0 Å². The van der Waals surface area contributed by atoms with Crippen molar-refractivity contribution in [2.45, 2.75) is 12.2 Å². The van der Waals surface area contributed by atoms with Crippen LogP contribution >= 0.6 is 0 Å². The predicted molar refractivity (Wildman–Crippen MR) is 86.6 cm³/mol. The number of phenols is 2. The van der Waals surface area contributed by atoms with Gasteiger partial charge in [-0.2, -0.15) is 0 Å². The van der Waals surface area contributed by atoms with E-state index in [-0.39, 0.29) is 11.5 Å². The molecule has 2 heterocycles. The molecule has 4 rings (SSSR count). The number of ether oxygens (including phenoxy) is 4. The first-order valence-corrected chi connectivity index (χ1v) is 7.77. The van der Waals surface area contributed by atoms with Gasteiger partial charge in [0.1, 0.15) is 12.2 Å². The Morgan fingerprint density at radius 2 is 1.21 bits per heavy atom. The lowest BCUT2D eigenvalue weighted by molar-refractivity contribution is 0.102. The first-order valence-electron chi connectivity index (χ1n) is 7.77. The minimum absolute atomic E-state index is 0.0424. The van der Waals surface area contributed by atoms with Crippen LogP contribution in [0, 0.1) is 0 Å². The zero-order valence-electron chi connectivity index (χ0n) is 13.1. The van der Waals surface area contributed by atoms with E-state index in [1.165, 1.54) is 12.1 Å². The quantitative estimate of drug-likeness (QED) is 0.791. The third kappa shape index (κ3) is 5.42. The van der Waals surface area contributed by atoms with Crippen LogP contribution in [0.3, 0.4) is 0 Å². The summed E-state index contributed by atoms with van der Waals surface area (Å²) in [6.45, 7) is 3.26. The van der Waals surface area contributed by atoms with Crippen molar-refractivity contribution >= 4 is 0 Å². The molecule has 2 unspecified atom stereocenters. The Morgan fingerprint density at radius 3 is 1.58 bits per heavy atom. The van der Waals surface area contributed by atoms with Gasteiger partial charge in [-0.15, -0.1) is 0 Å². The second kappa shape index (κ2) is 8.01. The van der Waals surface area contributed by atoms with Crippen LogP contribution in [0.15, 0.2) is 48.5 Å². The molecular weight excluding hydrogens is 312 g/mol. The molecule has 0 aliphatic carbocycles. The van der Waals surface area contributed by atoms with Gasteiger partial charge in [0, 0.05) is 0 Å². The van der Waals surface area contributed by atoms with Crippen LogP contribution in [0.5, 0.6) is 23.0 Å². The number of para-hydroxylation sites is 4. The van der Waals surface area contributed by atoms with E-state index in [0.717, 1.165) is 26.4 Å². The van der Waals surface area contributed by atoms with Crippen LogP contribution in [0.25, 0.3) is 0 Å². The molecular formula is C18H20O6. The molecule has 0 spiro atoms. The van der Waals surface area contributed by atoms with Crippen molar-refractivity contribution < 1.29 is 29.2 Å². The minimum atomic E-state index is 0.0424. The summed E-state index contributed by atoms with van der Waals surface area (Å²) in [4.78, 5) is 0. The number of hydrogen-bond donors (Lipinski definition) is 2. The Balaban J connectivity index is 0.000000159. The fraction of sp³-hybridized carbons (Fsp3) is 0.333. The molecule has 2 fully saturated rings. The Kier molecular flexibility index (Phi) is 5.53. The lowest BCUT2D eigenvalue weighted by Crippen LogP contribution is -2.06. The maximum Gasteiger partial charge on any atom is 0.169 e. The molecule has 128 valence electrons. The van der Waals surface area contributed by atoms with E-state index in [4.69, 9.17) is 18.9 Å². The van der Waals surface area contributed by atoms with E-state index in [1.807, 2.05) is 0 Å². The molecule has 6 heteroatoms. The lowest BCUT2D eigenvalue weighted by Gasteiger charge is -2.08. The van der Waals surface area contributed by atoms with Crippen LogP contribution in [0.2, 0.25) is 0 Å². The lowest BCUT2D eigenvalue weighted by atomic mass is 10.3. The van der Waals surface area contributed by atoms with Gasteiger partial charge in [-0.1, -0.05) is 24.3 Å². The van der Waals surface area contributed by atoms with E-state index in [2.05, 4.69) is 0 Å². The van der Waals surface area contributed by atoms with Crippen molar-refractivity contribution in [2.75, 3.05) is 26.4 Å². The Hall–Kier alpha value is -2.28. The SMILES string of the molecule is C(OCC1CO1)C1CO1.Oc1ccccc1Oc1ccccc1O. The average Bonchev–Trinajstić information content (AvgIpc) is 3.48. The number of phenolic OH excluding ortho intramolecular Hbond substituents is 2. The van der Waals surface area contributed by atoms with Crippen LogP contribution in [0.1, 0.15) is 0 Å². The second-order valence-corrected chi connectivity index (χ2v) is 5.49. The van der Waals surface area contributed by atoms with E-state index in [1.54, 1.807) is 36.4 Å². The van der Waals surface area contributed by atoms with Crippen molar-refractivity contribution in [3.8, 4) is 23.0 Å². The van der Waals surface area contributed by atoms with Gasteiger partial charge in [0.2, 0.25) is 0 Å². The van der Waals surface area contributed by atoms with Gasteiger partial charge in [0.25, 0.3) is 0 Å². The molecule has 6 nitrogen and oxygen atoms in total. The van der Waals surface area contributed by atoms with Crippen molar-refractivity contribution in [2.24, 2.45) is 0 Å². The average molecular weight is 332 g/mol. The van der Waals surface area contributed by atoms with Gasteiger partial charge < -0.3 is 29.2 Å². The highest BCUT2D eigenvalue weighted by molar-refractivity contribution is 5.45. The highest BCUT2D eigenvalue weighted by Crippen LogP contribution is 2.34. The third-order valence-electron chi connectivity index (χ3n) is 3.36. The summed E-state index contributed by atoms with van der Waals surface area (Å²) >= 11 is 0. The highest BCUT2D eigenvalue weighted by Gasteiger charge is 2.26. The summed E-state index contributed by atoms with van der Waals surface area (Å²) < 4.78 is 20.5. The fourth-order valence-corrected chi connectivity index (χ4v) is 1.86. The van der Waals surface area contributed by atoms with Crippen LogP contribution in [-0.2, 0) is 14.2 Å². The Morgan fingerprint density at radius 1 is 0.792 bits per heavy atom. The standard InChI is InChI=1S/C12H10O3.C6H10O3/c13-9-5-1-3-7-11(9)15-12-8-4-2-6-10(12)14;1(5-3-8-5)7-2-6-4-9-6/h1-8,13-14H;5-6H,1-4H2. The highest BCUT2D eigenvalue weighted by atomic mass is 16.6. The van der Waals surface area contributed by atoms with Crippen LogP contribution < -0.4 is 4.74 Å². The molecule has 2 N–H and O–H groups in total. The largest absolute Gasteiger partial charge is 0.504 e. The summed E-state index contributed by atoms with van der Waals surface area (Å²) in [6, 6.07) is 13.2. The molecule has 0 saturated carbocycles. The van der Waals surface area contributed by atoms with E-state index in [9.17, 15) is 10.2 Å². The van der Waals surface area contributed by atoms with Gasteiger partial charge in [-0.3, -0.25) is 0 Å². The second-order valence-electron chi connectivity index (χ2n) is 5.49. The smallest absolute Gasteiger partial charge is 0.169 e. The molecule has 0 radical (unpaired) electrons. The van der Waals surface area contributed by atoms with Gasteiger partial charge in [0.15, 0.2) is 23.0 Å². The minimum Gasteiger partial charge on any atom is -0.504 e. The Labute approximate surface area is 140 Å². The topological polar surface area (TPSA) is 84.0 Å². The van der Waals surface area contributed by atoms with Gasteiger partial charge in [0.05, 0.1) is 26.4 Å². The first-order chi connectivity index (χ1) is 11.7. The van der Waals surface area contributed by atoms with E-state index >= 15 is 0 Å². The summed E-state index contributed by atoms with van der Waals surface area (Å²) in [7, 11) is 0. The normalized spacial score (nSPS) is 20.7. The number of benzene rings is 2. The summed E-state index contributed by atoms with van der Waals surface area (Å²) in [5.74, 6) is 0.722. The maximum atomic E-state index is 9.46. The Bertz CT molecular complexity index is 596. The number of rotatable bonds is 6. The molecule has 0 amide bonds. The summed E-state index contributed by atoms with van der Waals surface area (Å²) in [6.07, 6.45) is 0.785. The van der Waals surface area contributed by atoms with Crippen molar-refractivity contribution in [3.63, 3.8) is 0 Å². The number of aromatic hydroxyl groups is 2. The third-order valence-corrected chi connectivity index (χ3v) is 3.36. The molecule has 2 aromatic carbocycles. The van der Waals surface area contributed by atoms with Gasteiger partial charge >= 0.3 is 0 Å². The van der Waals surface area contributed by atoms with Crippen LogP contribution in [0.4, 0.5) is 0 Å². The van der Waals surface area contributed by atoms with Crippen LogP contribution in [-0.4, -0.2) is 48.8 Å². The predicted octanol–water partition coefficient (Wildman–Crippen LogP) is 2.69. The van der Waals surface area contributed by atoms with E-state index in [0.29, 0.717) is 23.7 Å². The molecule has 0 bridgehead atoms. The molecule has 0 aromatic heterocycles. The molecule has 2 aliphatic heterocycles. The maximum absolute atomic E-state index is 9.46.